The fourth-order valence-corrected chi connectivity index (χ4v) is 3.76. The van der Waals surface area contributed by atoms with Crippen molar-refractivity contribution in [2.75, 3.05) is 4.90 Å². The van der Waals surface area contributed by atoms with Crippen molar-refractivity contribution >= 4 is 33.9 Å². The third-order valence-electron chi connectivity index (χ3n) is 4.37. The van der Waals surface area contributed by atoms with E-state index >= 15 is 0 Å². The molecule has 4 rings (SSSR count). The predicted octanol–water partition coefficient (Wildman–Crippen LogP) is 4.05. The fraction of sp³-hybridized carbons (Fsp3) is 0.0500. The number of carbonyl (C=O) groups excluding carboxylic acids is 2. The van der Waals surface area contributed by atoms with Crippen molar-refractivity contribution < 1.29 is 23.5 Å². The van der Waals surface area contributed by atoms with Gasteiger partial charge >= 0.3 is 5.91 Å². The van der Waals surface area contributed by atoms with Crippen molar-refractivity contribution in [3.05, 3.63) is 88.4 Å². The second-order valence-electron chi connectivity index (χ2n) is 6.04. The molecule has 0 spiro atoms. The molecule has 1 N–H and O–H groups in total. The monoisotopic (exact) mass is 398 g/mol. The predicted molar refractivity (Wildman–Crippen MR) is 99.7 cm³/mol. The quantitative estimate of drug-likeness (QED) is 0.411. The Hall–Kier alpha value is -3.39. The van der Waals surface area contributed by atoms with E-state index in [4.69, 9.17) is 0 Å². The minimum Gasteiger partial charge on any atom is -0.507 e. The van der Waals surface area contributed by atoms with E-state index in [1.54, 1.807) is 5.38 Å². The first kappa shape index (κ1) is 18.0. The number of amides is 1. The molecule has 1 amide bonds. The second-order valence-corrected chi connectivity index (χ2v) is 6.92. The summed E-state index contributed by atoms with van der Waals surface area (Å²) >= 11 is 1.15. The van der Waals surface area contributed by atoms with E-state index in [2.05, 4.69) is 4.98 Å². The third kappa shape index (κ3) is 2.97. The summed E-state index contributed by atoms with van der Waals surface area (Å²) in [4.78, 5) is 30.8. The highest BCUT2D eigenvalue weighted by molar-refractivity contribution is 7.14. The van der Waals surface area contributed by atoms with Crippen LogP contribution in [0.1, 0.15) is 17.2 Å². The number of rotatable bonds is 3. The van der Waals surface area contributed by atoms with Crippen LogP contribution in [-0.4, -0.2) is 21.8 Å². The van der Waals surface area contributed by atoms with Crippen LogP contribution in [0, 0.1) is 11.6 Å². The van der Waals surface area contributed by atoms with E-state index in [1.807, 2.05) is 0 Å². The Kier molecular flexibility index (Phi) is 4.48. The van der Waals surface area contributed by atoms with Gasteiger partial charge in [-0.1, -0.05) is 12.1 Å². The van der Waals surface area contributed by atoms with E-state index < -0.39 is 35.1 Å². The number of nitrogens with zero attached hydrogens (tertiary/aromatic N) is 2. The first-order valence-electron chi connectivity index (χ1n) is 8.19. The van der Waals surface area contributed by atoms with Crippen LogP contribution in [0.2, 0.25) is 0 Å². The zero-order chi connectivity index (χ0) is 19.8. The summed E-state index contributed by atoms with van der Waals surface area (Å²) in [6, 6.07) is 9.18. The molecule has 8 heteroatoms. The number of aliphatic hydroxyl groups is 1. The zero-order valence-corrected chi connectivity index (χ0v) is 15.0. The lowest BCUT2D eigenvalue weighted by Crippen LogP contribution is -2.29. The lowest BCUT2D eigenvalue weighted by molar-refractivity contribution is -0.132. The number of halogens is 2. The van der Waals surface area contributed by atoms with Crippen LogP contribution < -0.4 is 4.90 Å². The molecule has 28 heavy (non-hydrogen) atoms. The Morgan fingerprint density at radius 2 is 1.61 bits per heavy atom. The summed E-state index contributed by atoms with van der Waals surface area (Å²) in [5.41, 5.74) is 0.448. The molecule has 1 aliphatic rings. The van der Waals surface area contributed by atoms with Crippen LogP contribution in [0.5, 0.6) is 0 Å². The fourth-order valence-electron chi connectivity index (χ4n) is 3.09. The van der Waals surface area contributed by atoms with Gasteiger partial charge in [0.1, 0.15) is 17.4 Å². The molecule has 0 aliphatic carbocycles. The van der Waals surface area contributed by atoms with E-state index in [1.165, 1.54) is 47.5 Å². The summed E-state index contributed by atoms with van der Waals surface area (Å²) < 4.78 is 26.6. The normalized spacial score (nSPS) is 18.6. The summed E-state index contributed by atoms with van der Waals surface area (Å²) in [6.07, 6.45) is 1.49. The number of hydrogen-bond donors (Lipinski definition) is 1. The van der Waals surface area contributed by atoms with Gasteiger partial charge in [-0.05, 0) is 42.0 Å². The number of aromatic nitrogens is 1. The van der Waals surface area contributed by atoms with Crippen LogP contribution in [0.3, 0.4) is 0 Å². The Bertz CT molecular complexity index is 1080. The van der Waals surface area contributed by atoms with Crippen molar-refractivity contribution in [1.82, 2.24) is 4.98 Å². The standard InChI is InChI=1S/C20H12F2N2O3S/c21-13-5-1-11(2-6-13)16-15(17(25)12-3-7-14(22)8-4-12)18(26)19(27)24(16)20-23-9-10-28-20/h1-10,16,25H. The number of aliphatic hydroxyl groups excluding tert-OH is 1. The molecule has 0 bridgehead atoms. The maximum absolute atomic E-state index is 13.4. The Balaban J connectivity index is 1.93. The first-order chi connectivity index (χ1) is 13.5. The highest BCUT2D eigenvalue weighted by Crippen LogP contribution is 2.42. The number of carbonyl (C=O) groups is 2. The summed E-state index contributed by atoms with van der Waals surface area (Å²) in [6.45, 7) is 0. The Labute approximate surface area is 162 Å². The van der Waals surface area contributed by atoms with Gasteiger partial charge in [-0.3, -0.25) is 14.5 Å². The van der Waals surface area contributed by atoms with E-state index in [0.29, 0.717) is 5.56 Å². The average molecular weight is 398 g/mol. The minimum atomic E-state index is -0.989. The molecule has 0 radical (unpaired) electrons. The molecular formula is C20H12F2N2O3S. The number of ketones is 1. The van der Waals surface area contributed by atoms with Gasteiger partial charge in [0.2, 0.25) is 0 Å². The highest BCUT2D eigenvalue weighted by atomic mass is 32.1. The van der Waals surface area contributed by atoms with E-state index in [0.717, 1.165) is 23.5 Å². The molecule has 1 aromatic heterocycles. The highest BCUT2D eigenvalue weighted by Gasteiger charge is 2.47. The van der Waals surface area contributed by atoms with Crippen molar-refractivity contribution in [2.24, 2.45) is 0 Å². The molecule has 5 nitrogen and oxygen atoms in total. The topological polar surface area (TPSA) is 70.5 Å². The lowest BCUT2D eigenvalue weighted by atomic mass is 9.95. The maximum atomic E-state index is 13.4. The van der Waals surface area contributed by atoms with Crippen molar-refractivity contribution in [3.8, 4) is 0 Å². The van der Waals surface area contributed by atoms with Gasteiger partial charge < -0.3 is 5.11 Å². The summed E-state index contributed by atoms with van der Waals surface area (Å²) in [7, 11) is 0. The zero-order valence-electron chi connectivity index (χ0n) is 14.2. The van der Waals surface area contributed by atoms with Gasteiger partial charge in [0.05, 0.1) is 11.6 Å². The van der Waals surface area contributed by atoms with Gasteiger partial charge in [-0.2, -0.15) is 0 Å². The van der Waals surface area contributed by atoms with E-state index in [9.17, 15) is 23.5 Å². The summed E-state index contributed by atoms with van der Waals surface area (Å²) in [5.74, 6) is -3.17. The van der Waals surface area contributed by atoms with Gasteiger partial charge in [-0.15, -0.1) is 11.3 Å². The molecule has 2 aromatic carbocycles. The van der Waals surface area contributed by atoms with Gasteiger partial charge in [0.25, 0.3) is 5.78 Å². The SMILES string of the molecule is O=C1C(=O)N(c2nccs2)C(c2ccc(F)cc2)C1=C(O)c1ccc(F)cc1. The van der Waals surface area contributed by atoms with Gasteiger partial charge in [-0.25, -0.2) is 13.8 Å². The minimum absolute atomic E-state index is 0.168. The van der Waals surface area contributed by atoms with Crippen molar-refractivity contribution in [3.63, 3.8) is 0 Å². The number of thiazole rings is 1. The lowest BCUT2D eigenvalue weighted by Gasteiger charge is -2.22. The van der Waals surface area contributed by atoms with E-state index in [-0.39, 0.29) is 16.3 Å². The number of anilines is 1. The van der Waals surface area contributed by atoms with Crippen molar-refractivity contribution in [2.45, 2.75) is 6.04 Å². The Morgan fingerprint density at radius 3 is 2.18 bits per heavy atom. The van der Waals surface area contributed by atoms with Crippen LogP contribution in [0.25, 0.3) is 5.76 Å². The average Bonchev–Trinajstić information content (AvgIpc) is 3.30. The molecule has 140 valence electrons. The van der Waals surface area contributed by atoms with Crippen LogP contribution in [-0.2, 0) is 9.59 Å². The smallest absolute Gasteiger partial charge is 0.301 e. The third-order valence-corrected chi connectivity index (χ3v) is 5.14. The molecule has 1 aliphatic heterocycles. The molecule has 1 atom stereocenters. The van der Waals surface area contributed by atoms with Gasteiger partial charge in [0, 0.05) is 17.1 Å². The molecule has 1 unspecified atom stereocenters. The first-order valence-corrected chi connectivity index (χ1v) is 9.07. The largest absolute Gasteiger partial charge is 0.507 e. The van der Waals surface area contributed by atoms with Crippen molar-refractivity contribution in [1.29, 1.82) is 0 Å². The molecule has 1 saturated heterocycles. The number of benzene rings is 2. The number of Topliss-reactive ketones (excluding diaryl/α,β-unsaturated/α-hetero) is 1. The Morgan fingerprint density at radius 1 is 1.00 bits per heavy atom. The molecule has 1 fully saturated rings. The molecule has 2 heterocycles. The molecule has 3 aromatic rings. The van der Waals surface area contributed by atoms with Crippen LogP contribution in [0.15, 0.2) is 65.7 Å². The van der Waals surface area contributed by atoms with Crippen LogP contribution >= 0.6 is 11.3 Å². The second kappa shape index (κ2) is 6.97. The summed E-state index contributed by atoms with van der Waals surface area (Å²) in [5, 5.41) is 12.7. The number of hydrogen-bond acceptors (Lipinski definition) is 5. The molecule has 0 saturated carbocycles. The molecular weight excluding hydrogens is 386 g/mol. The maximum Gasteiger partial charge on any atom is 0.301 e. The van der Waals surface area contributed by atoms with Gasteiger partial charge in [0.15, 0.2) is 5.13 Å². The van der Waals surface area contributed by atoms with Crippen LogP contribution in [0.4, 0.5) is 13.9 Å².